The number of fused-ring (bicyclic) bond motifs is 1. The number of methoxy groups -OCH3 is 1. The van der Waals surface area contributed by atoms with Gasteiger partial charge in [0.15, 0.2) is 5.11 Å². The molecule has 0 aliphatic rings. The summed E-state index contributed by atoms with van der Waals surface area (Å²) in [4.78, 5) is 0. The fraction of sp³-hybridized carbons (Fsp3) is 0.125. The quantitative estimate of drug-likeness (QED) is 0.713. The van der Waals surface area contributed by atoms with Gasteiger partial charge in [0.05, 0.1) is 11.8 Å². The average molecular weight is 329 g/mol. The van der Waals surface area contributed by atoms with Gasteiger partial charge in [-0.25, -0.2) is 0 Å². The molecule has 0 bridgehead atoms. The van der Waals surface area contributed by atoms with Gasteiger partial charge in [0.25, 0.3) is 0 Å². The van der Waals surface area contributed by atoms with Crippen molar-refractivity contribution >= 4 is 44.6 Å². The fourth-order valence-corrected chi connectivity index (χ4v) is 2.87. The van der Waals surface area contributed by atoms with Crippen molar-refractivity contribution < 1.29 is 4.74 Å². The van der Waals surface area contributed by atoms with Gasteiger partial charge in [0, 0.05) is 23.8 Å². The first-order valence-electron chi connectivity index (χ1n) is 6.77. The standard InChI is InChI=1S/C16H15N3OS2/c1-20-14-5-2-11(3-6-14)9-17-16(21)19-13-4-7-15-12(8-13)10-18-22-15/h2-8,10H,9H2,1H3,(H2,17,19,21). The van der Waals surface area contributed by atoms with Crippen molar-refractivity contribution in [2.45, 2.75) is 6.54 Å². The molecule has 0 aliphatic carbocycles. The minimum Gasteiger partial charge on any atom is -0.497 e. The van der Waals surface area contributed by atoms with Gasteiger partial charge in [-0.05, 0) is 59.6 Å². The fourth-order valence-electron chi connectivity index (χ4n) is 2.05. The highest BCUT2D eigenvalue weighted by molar-refractivity contribution is 7.80. The Bertz CT molecular complexity index is 783. The topological polar surface area (TPSA) is 46.2 Å². The zero-order valence-electron chi connectivity index (χ0n) is 12.0. The molecule has 0 fully saturated rings. The predicted octanol–water partition coefficient (Wildman–Crippen LogP) is 3.79. The van der Waals surface area contributed by atoms with Gasteiger partial charge in [-0.2, -0.15) is 4.37 Å². The number of hydrogen-bond acceptors (Lipinski definition) is 4. The molecule has 0 radical (unpaired) electrons. The van der Waals surface area contributed by atoms with E-state index in [4.69, 9.17) is 17.0 Å². The summed E-state index contributed by atoms with van der Waals surface area (Å²) in [6.45, 7) is 0.665. The highest BCUT2D eigenvalue weighted by Crippen LogP contribution is 2.21. The molecule has 3 aromatic rings. The van der Waals surface area contributed by atoms with E-state index in [1.54, 1.807) is 7.11 Å². The number of ether oxygens (including phenoxy) is 1. The number of nitrogens with zero attached hydrogens (tertiary/aromatic N) is 1. The maximum Gasteiger partial charge on any atom is 0.171 e. The molecule has 1 heterocycles. The zero-order valence-corrected chi connectivity index (χ0v) is 13.6. The van der Waals surface area contributed by atoms with Gasteiger partial charge in [-0.1, -0.05) is 12.1 Å². The minimum absolute atomic E-state index is 0.596. The summed E-state index contributed by atoms with van der Waals surface area (Å²) in [5.74, 6) is 0.849. The third kappa shape index (κ3) is 3.52. The molecular formula is C16H15N3OS2. The third-order valence-corrected chi connectivity index (χ3v) is 4.25. The van der Waals surface area contributed by atoms with Crippen molar-refractivity contribution in [3.05, 3.63) is 54.2 Å². The maximum atomic E-state index is 5.33. The number of benzene rings is 2. The van der Waals surface area contributed by atoms with Crippen LogP contribution in [0.4, 0.5) is 5.69 Å². The van der Waals surface area contributed by atoms with E-state index >= 15 is 0 Å². The maximum absolute atomic E-state index is 5.33. The van der Waals surface area contributed by atoms with Gasteiger partial charge in [-0.3, -0.25) is 0 Å². The summed E-state index contributed by atoms with van der Waals surface area (Å²) in [7, 11) is 1.66. The molecule has 112 valence electrons. The summed E-state index contributed by atoms with van der Waals surface area (Å²) in [6.07, 6.45) is 1.86. The van der Waals surface area contributed by atoms with E-state index in [1.807, 2.05) is 48.7 Å². The van der Waals surface area contributed by atoms with E-state index in [9.17, 15) is 0 Å². The first-order chi connectivity index (χ1) is 10.7. The monoisotopic (exact) mass is 329 g/mol. The van der Waals surface area contributed by atoms with Crippen molar-refractivity contribution in [1.29, 1.82) is 0 Å². The molecule has 2 aromatic carbocycles. The summed E-state index contributed by atoms with van der Waals surface area (Å²) in [5, 5.41) is 8.10. The van der Waals surface area contributed by atoms with Gasteiger partial charge >= 0.3 is 0 Å². The summed E-state index contributed by atoms with van der Waals surface area (Å²) < 4.78 is 10.5. The number of aromatic nitrogens is 1. The molecule has 0 amide bonds. The summed E-state index contributed by atoms with van der Waals surface area (Å²) in [5.41, 5.74) is 2.10. The van der Waals surface area contributed by atoms with Gasteiger partial charge in [-0.15, -0.1) is 0 Å². The molecule has 0 aliphatic heterocycles. The Morgan fingerprint density at radius 1 is 1.23 bits per heavy atom. The Labute approximate surface area is 138 Å². The number of anilines is 1. The first kappa shape index (κ1) is 14.7. The van der Waals surface area contributed by atoms with Crippen molar-refractivity contribution in [1.82, 2.24) is 9.69 Å². The minimum atomic E-state index is 0.596. The van der Waals surface area contributed by atoms with Crippen molar-refractivity contribution in [3.63, 3.8) is 0 Å². The third-order valence-electron chi connectivity index (χ3n) is 3.22. The molecule has 3 rings (SSSR count). The van der Waals surface area contributed by atoms with Crippen molar-refractivity contribution in [2.24, 2.45) is 0 Å². The number of rotatable bonds is 4. The lowest BCUT2D eigenvalue weighted by atomic mass is 10.2. The van der Waals surface area contributed by atoms with Crippen LogP contribution in [0.5, 0.6) is 5.75 Å². The lowest BCUT2D eigenvalue weighted by Gasteiger charge is -2.11. The van der Waals surface area contributed by atoms with Gasteiger partial charge in [0.2, 0.25) is 0 Å². The molecular weight excluding hydrogens is 314 g/mol. The molecule has 22 heavy (non-hydrogen) atoms. The second-order valence-electron chi connectivity index (χ2n) is 4.73. The molecule has 0 spiro atoms. The zero-order chi connectivity index (χ0) is 15.4. The van der Waals surface area contributed by atoms with Crippen LogP contribution in [-0.2, 0) is 6.54 Å². The molecule has 1 aromatic heterocycles. The number of hydrogen-bond donors (Lipinski definition) is 2. The van der Waals surface area contributed by atoms with Crippen molar-refractivity contribution in [3.8, 4) is 5.75 Å². The van der Waals surface area contributed by atoms with E-state index in [1.165, 1.54) is 16.2 Å². The smallest absolute Gasteiger partial charge is 0.171 e. The van der Waals surface area contributed by atoms with E-state index < -0.39 is 0 Å². The van der Waals surface area contributed by atoms with Gasteiger partial charge in [0.1, 0.15) is 5.75 Å². The van der Waals surface area contributed by atoms with Crippen LogP contribution in [0.25, 0.3) is 10.1 Å². The Morgan fingerprint density at radius 2 is 2.05 bits per heavy atom. The second-order valence-corrected chi connectivity index (χ2v) is 5.98. The summed E-state index contributed by atoms with van der Waals surface area (Å²) in [6, 6.07) is 14.0. The molecule has 0 unspecified atom stereocenters. The normalized spacial score (nSPS) is 10.4. The highest BCUT2D eigenvalue weighted by Gasteiger charge is 2.01. The van der Waals surface area contributed by atoms with Crippen LogP contribution < -0.4 is 15.4 Å². The Kier molecular flexibility index (Phi) is 4.50. The van der Waals surface area contributed by atoms with Crippen LogP contribution in [0.3, 0.4) is 0 Å². The van der Waals surface area contributed by atoms with Crippen LogP contribution in [0.2, 0.25) is 0 Å². The van der Waals surface area contributed by atoms with Crippen LogP contribution in [0.15, 0.2) is 48.7 Å². The lowest BCUT2D eigenvalue weighted by Crippen LogP contribution is -2.27. The van der Waals surface area contributed by atoms with Gasteiger partial charge < -0.3 is 15.4 Å². The van der Waals surface area contributed by atoms with Crippen LogP contribution in [-0.4, -0.2) is 16.6 Å². The molecule has 2 N–H and O–H groups in total. The van der Waals surface area contributed by atoms with E-state index in [0.29, 0.717) is 11.7 Å². The lowest BCUT2D eigenvalue weighted by molar-refractivity contribution is 0.414. The Morgan fingerprint density at radius 3 is 2.82 bits per heavy atom. The first-order valence-corrected chi connectivity index (χ1v) is 7.95. The predicted molar refractivity (Wildman–Crippen MR) is 95.7 cm³/mol. The molecule has 6 heteroatoms. The van der Waals surface area contributed by atoms with Crippen LogP contribution in [0, 0.1) is 0 Å². The largest absolute Gasteiger partial charge is 0.497 e. The summed E-state index contributed by atoms with van der Waals surface area (Å²) >= 11 is 6.81. The van der Waals surface area contributed by atoms with E-state index in [-0.39, 0.29) is 0 Å². The number of nitrogens with one attached hydrogen (secondary N) is 2. The number of thiocarbonyl (C=S) groups is 1. The SMILES string of the molecule is COc1ccc(CNC(=S)Nc2ccc3sncc3c2)cc1. The second kappa shape index (κ2) is 6.72. The molecule has 0 atom stereocenters. The molecule has 0 saturated carbocycles. The molecule has 0 saturated heterocycles. The molecule has 4 nitrogen and oxygen atoms in total. The Hall–Kier alpha value is -2.18. The van der Waals surface area contributed by atoms with Crippen LogP contribution in [0.1, 0.15) is 5.56 Å². The van der Waals surface area contributed by atoms with Crippen LogP contribution >= 0.6 is 23.8 Å². The van der Waals surface area contributed by atoms with E-state index in [2.05, 4.69) is 15.0 Å². The average Bonchev–Trinajstić information content (AvgIpc) is 3.01. The Balaban J connectivity index is 1.57. The van der Waals surface area contributed by atoms with E-state index in [0.717, 1.165) is 22.4 Å². The van der Waals surface area contributed by atoms with Crippen molar-refractivity contribution in [2.75, 3.05) is 12.4 Å². The highest BCUT2D eigenvalue weighted by atomic mass is 32.1.